The van der Waals surface area contributed by atoms with E-state index in [1.54, 1.807) is 19.2 Å². The second-order valence-corrected chi connectivity index (χ2v) is 10.4. The number of nitrogens with one attached hydrogen (secondary N) is 1. The lowest BCUT2D eigenvalue weighted by Gasteiger charge is -2.24. The molecule has 1 aromatic heterocycles. The molecule has 1 atom stereocenters. The Bertz CT molecular complexity index is 1400. The van der Waals surface area contributed by atoms with Crippen LogP contribution in [0.1, 0.15) is 35.4 Å². The number of aromatic nitrogens is 1. The number of hydrogen-bond acceptors (Lipinski definition) is 2. The van der Waals surface area contributed by atoms with Gasteiger partial charge in [-0.1, -0.05) is 66.2 Å². The van der Waals surface area contributed by atoms with E-state index in [1.807, 2.05) is 43.3 Å². The van der Waals surface area contributed by atoms with Gasteiger partial charge in [-0.05, 0) is 54.7 Å². The Kier molecular flexibility index (Phi) is 5.14. The van der Waals surface area contributed by atoms with Crippen LogP contribution in [0, 0.1) is 6.92 Å². The lowest BCUT2D eigenvalue weighted by Crippen LogP contribution is -2.26. The molecule has 1 N–H and O–H groups in total. The van der Waals surface area contributed by atoms with Crippen molar-refractivity contribution in [1.29, 1.82) is 0 Å². The first kappa shape index (κ1) is 20.6. The number of para-hydroxylation sites is 1. The molecule has 0 bridgehead atoms. The van der Waals surface area contributed by atoms with Crippen molar-refractivity contribution < 1.29 is 8.42 Å². The highest BCUT2D eigenvalue weighted by Crippen LogP contribution is 2.48. The number of allylic oxidation sites excluding steroid dienone is 2. The normalized spacial score (nSPS) is 16.6. The van der Waals surface area contributed by atoms with Crippen LogP contribution in [0.2, 0.25) is 0 Å². The minimum atomic E-state index is -3.65. The molecule has 1 aliphatic carbocycles. The van der Waals surface area contributed by atoms with Crippen molar-refractivity contribution in [1.82, 2.24) is 9.29 Å². The molecule has 0 radical (unpaired) electrons. The van der Waals surface area contributed by atoms with Crippen molar-refractivity contribution in [3.63, 3.8) is 0 Å². The summed E-state index contributed by atoms with van der Waals surface area (Å²) in [5.74, 6) is 0.124. The second kappa shape index (κ2) is 7.99. The van der Waals surface area contributed by atoms with E-state index in [-0.39, 0.29) is 5.92 Å². The lowest BCUT2D eigenvalue weighted by atomic mass is 9.88. The summed E-state index contributed by atoms with van der Waals surface area (Å²) in [5.41, 5.74) is 6.39. The number of fused-ring (bicyclic) bond motifs is 1. The molecule has 3 aromatic carbocycles. The summed E-state index contributed by atoms with van der Waals surface area (Å²) in [5, 5.41) is 1.19. The van der Waals surface area contributed by atoms with Crippen molar-refractivity contribution in [2.45, 2.75) is 30.6 Å². The molecule has 4 aromatic rings. The summed E-state index contributed by atoms with van der Waals surface area (Å²) in [4.78, 5) is 3.71. The molecule has 0 unspecified atom stereocenters. The van der Waals surface area contributed by atoms with Crippen molar-refractivity contribution in [3.05, 3.63) is 107 Å². The summed E-state index contributed by atoms with van der Waals surface area (Å²) in [6.45, 7) is 1.96. The van der Waals surface area contributed by atoms with Gasteiger partial charge in [0.05, 0.1) is 4.90 Å². The minimum Gasteiger partial charge on any atom is -0.361 e. The third kappa shape index (κ3) is 3.43. The average molecular weight is 443 g/mol. The molecule has 0 aliphatic heterocycles. The molecule has 5 rings (SSSR count). The second-order valence-electron chi connectivity index (χ2n) is 8.39. The highest BCUT2D eigenvalue weighted by atomic mass is 32.2. The molecule has 162 valence electrons. The van der Waals surface area contributed by atoms with Crippen molar-refractivity contribution in [2.24, 2.45) is 0 Å². The van der Waals surface area contributed by atoms with E-state index in [1.165, 1.54) is 15.3 Å². The van der Waals surface area contributed by atoms with Gasteiger partial charge in [-0.2, -0.15) is 0 Å². The molecule has 0 amide bonds. The fourth-order valence-corrected chi connectivity index (χ4v) is 6.06. The zero-order valence-corrected chi connectivity index (χ0v) is 19.1. The van der Waals surface area contributed by atoms with Crippen LogP contribution < -0.4 is 0 Å². The molecular formula is C27H26N2O2S. The standard InChI is InChI=1S/C27H26N2O2S/c1-19-12-14-21(15-13-19)32(30,31)29(2)26-17-16-23(27(26)20-8-4-3-5-9-20)24-18-28-25-11-7-6-10-22(24)25/h3-15,18,23,28H,16-17H2,1-2H3/t23-/m0/s1. The average Bonchev–Trinajstić information content (AvgIpc) is 3.43. The Balaban J connectivity index is 1.66. The molecule has 32 heavy (non-hydrogen) atoms. The highest BCUT2D eigenvalue weighted by molar-refractivity contribution is 7.89. The summed E-state index contributed by atoms with van der Waals surface area (Å²) in [7, 11) is -1.96. The zero-order chi connectivity index (χ0) is 22.3. The van der Waals surface area contributed by atoms with Gasteiger partial charge in [0, 0.05) is 35.8 Å². The van der Waals surface area contributed by atoms with E-state index < -0.39 is 10.0 Å². The zero-order valence-electron chi connectivity index (χ0n) is 18.2. The van der Waals surface area contributed by atoms with Gasteiger partial charge >= 0.3 is 0 Å². The van der Waals surface area contributed by atoms with Crippen LogP contribution in [0.4, 0.5) is 0 Å². The van der Waals surface area contributed by atoms with Crippen molar-refractivity contribution >= 4 is 26.5 Å². The maximum Gasteiger partial charge on any atom is 0.263 e. The van der Waals surface area contributed by atoms with Crippen LogP contribution in [0.5, 0.6) is 0 Å². The van der Waals surface area contributed by atoms with E-state index in [0.29, 0.717) is 11.3 Å². The number of H-pyrrole nitrogens is 1. The first-order valence-electron chi connectivity index (χ1n) is 10.9. The number of nitrogens with zero attached hydrogens (tertiary/aromatic N) is 1. The Morgan fingerprint density at radius 3 is 2.34 bits per heavy atom. The van der Waals surface area contributed by atoms with Crippen LogP contribution in [0.3, 0.4) is 0 Å². The molecule has 5 heteroatoms. The van der Waals surface area contributed by atoms with Gasteiger partial charge in [0.2, 0.25) is 0 Å². The van der Waals surface area contributed by atoms with Crippen LogP contribution in [-0.4, -0.2) is 24.8 Å². The maximum atomic E-state index is 13.5. The Hall–Kier alpha value is -3.31. The monoisotopic (exact) mass is 442 g/mol. The summed E-state index contributed by atoms with van der Waals surface area (Å²) in [6, 6.07) is 25.5. The molecular weight excluding hydrogens is 416 g/mol. The van der Waals surface area contributed by atoms with Gasteiger partial charge in [0.25, 0.3) is 10.0 Å². The molecule has 0 saturated heterocycles. The van der Waals surface area contributed by atoms with Gasteiger partial charge in [-0.15, -0.1) is 0 Å². The number of rotatable bonds is 5. The smallest absolute Gasteiger partial charge is 0.263 e. The first-order chi connectivity index (χ1) is 15.5. The lowest BCUT2D eigenvalue weighted by molar-refractivity contribution is 0.517. The van der Waals surface area contributed by atoms with Crippen molar-refractivity contribution in [3.8, 4) is 0 Å². The fourth-order valence-electron chi connectivity index (χ4n) is 4.78. The molecule has 0 spiro atoms. The largest absolute Gasteiger partial charge is 0.361 e. The van der Waals surface area contributed by atoms with Gasteiger partial charge in [0.1, 0.15) is 0 Å². The number of aromatic amines is 1. The third-order valence-electron chi connectivity index (χ3n) is 6.47. The Morgan fingerprint density at radius 1 is 0.906 bits per heavy atom. The van der Waals surface area contributed by atoms with Crippen LogP contribution in [0.25, 0.3) is 16.5 Å². The first-order valence-corrected chi connectivity index (χ1v) is 12.3. The molecule has 1 aliphatic rings. The molecule has 0 saturated carbocycles. The van der Waals surface area contributed by atoms with E-state index in [0.717, 1.165) is 34.3 Å². The molecule has 0 fully saturated rings. The quantitative estimate of drug-likeness (QED) is 0.407. The van der Waals surface area contributed by atoms with Crippen LogP contribution in [-0.2, 0) is 10.0 Å². The van der Waals surface area contributed by atoms with Gasteiger partial charge in [-0.25, -0.2) is 8.42 Å². The SMILES string of the molecule is Cc1ccc(S(=O)(=O)N(C)C2=C(c3ccccc3)[C@H](c3c[nH]c4ccccc34)CC2)cc1. The summed E-state index contributed by atoms with van der Waals surface area (Å²) < 4.78 is 28.5. The number of hydrogen-bond donors (Lipinski definition) is 1. The summed E-state index contributed by atoms with van der Waals surface area (Å²) in [6.07, 6.45) is 3.65. The predicted octanol–water partition coefficient (Wildman–Crippen LogP) is 6.09. The van der Waals surface area contributed by atoms with E-state index in [9.17, 15) is 8.42 Å². The third-order valence-corrected chi connectivity index (χ3v) is 8.28. The molecule has 1 heterocycles. The maximum absolute atomic E-state index is 13.5. The van der Waals surface area contributed by atoms with E-state index in [2.05, 4.69) is 41.5 Å². The van der Waals surface area contributed by atoms with Crippen molar-refractivity contribution in [2.75, 3.05) is 7.05 Å². The predicted molar refractivity (Wildman–Crippen MR) is 130 cm³/mol. The van der Waals surface area contributed by atoms with Gasteiger partial charge in [-0.3, -0.25) is 4.31 Å². The summed E-state index contributed by atoms with van der Waals surface area (Å²) >= 11 is 0. The van der Waals surface area contributed by atoms with E-state index in [4.69, 9.17) is 0 Å². The van der Waals surface area contributed by atoms with Crippen LogP contribution in [0.15, 0.2) is 95.7 Å². The number of benzene rings is 3. The Labute approximate surface area is 189 Å². The number of sulfonamides is 1. The fraction of sp³-hybridized carbons (Fsp3) is 0.185. The molecule has 4 nitrogen and oxygen atoms in total. The Morgan fingerprint density at radius 2 is 1.59 bits per heavy atom. The van der Waals surface area contributed by atoms with E-state index >= 15 is 0 Å². The minimum absolute atomic E-state index is 0.124. The number of aryl methyl sites for hydroxylation is 1. The van der Waals surface area contributed by atoms with Crippen LogP contribution >= 0.6 is 0 Å². The van der Waals surface area contributed by atoms with Gasteiger partial charge in [0.15, 0.2) is 0 Å². The van der Waals surface area contributed by atoms with Gasteiger partial charge < -0.3 is 4.98 Å². The highest BCUT2D eigenvalue weighted by Gasteiger charge is 2.35. The topological polar surface area (TPSA) is 53.2 Å².